The maximum Gasteiger partial charge on any atom is 0.348 e. The summed E-state index contributed by atoms with van der Waals surface area (Å²) in [4.78, 5) is 24.5. The fraction of sp³-hybridized carbons (Fsp3) is 0.160. The largest absolute Gasteiger partial charge is 0.477 e. The number of morpholine rings is 1. The Labute approximate surface area is 189 Å². The number of benzene rings is 2. The zero-order chi connectivity index (χ0) is 21.9. The Hall–Kier alpha value is -3.55. The van der Waals surface area contributed by atoms with E-state index in [9.17, 15) is 9.90 Å². The minimum absolute atomic E-state index is 0.194. The van der Waals surface area contributed by atoms with Crippen molar-refractivity contribution in [3.8, 4) is 22.4 Å². The number of ether oxygens (including phenoxy) is 1. The Morgan fingerprint density at radius 1 is 1.03 bits per heavy atom. The summed E-state index contributed by atoms with van der Waals surface area (Å²) in [7, 11) is 0. The lowest BCUT2D eigenvalue weighted by Gasteiger charge is -2.24. The Morgan fingerprint density at radius 2 is 1.69 bits per heavy atom. The molecule has 7 heteroatoms. The number of pyridine rings is 1. The van der Waals surface area contributed by atoms with E-state index in [0.29, 0.717) is 23.7 Å². The first-order valence-electron chi connectivity index (χ1n) is 10.4. The van der Waals surface area contributed by atoms with Crippen molar-refractivity contribution in [2.24, 2.45) is 4.99 Å². The van der Waals surface area contributed by atoms with Gasteiger partial charge in [-0.05, 0) is 17.2 Å². The van der Waals surface area contributed by atoms with Crippen LogP contribution in [0.25, 0.3) is 32.6 Å². The van der Waals surface area contributed by atoms with E-state index < -0.39 is 5.97 Å². The normalized spacial score (nSPS) is 14.3. The second-order valence-corrected chi connectivity index (χ2v) is 8.44. The average Bonchev–Trinajstić information content (AvgIpc) is 3.23. The highest BCUT2D eigenvalue weighted by Gasteiger charge is 2.23. The lowest BCUT2D eigenvalue weighted by Crippen LogP contribution is -2.35. The first-order valence-corrected chi connectivity index (χ1v) is 11.2. The molecular weight excluding hydrogens is 422 g/mol. The van der Waals surface area contributed by atoms with E-state index >= 15 is 0 Å². The van der Waals surface area contributed by atoms with Crippen LogP contribution in [-0.4, -0.2) is 53.6 Å². The van der Waals surface area contributed by atoms with E-state index in [-0.39, 0.29) is 4.88 Å². The second-order valence-electron chi connectivity index (χ2n) is 7.45. The van der Waals surface area contributed by atoms with Gasteiger partial charge in [-0.25, -0.2) is 14.8 Å². The van der Waals surface area contributed by atoms with Gasteiger partial charge in [0.2, 0.25) is 0 Å². The molecule has 0 radical (unpaired) electrons. The molecule has 1 aliphatic rings. The molecule has 160 valence electrons. The first-order chi connectivity index (χ1) is 15.7. The summed E-state index contributed by atoms with van der Waals surface area (Å²) in [6.07, 6.45) is 1.73. The molecule has 1 aliphatic heterocycles. The summed E-state index contributed by atoms with van der Waals surface area (Å²) in [5, 5.41) is 10.7. The van der Waals surface area contributed by atoms with Crippen LogP contribution in [0.4, 0.5) is 5.69 Å². The van der Waals surface area contributed by atoms with Gasteiger partial charge in [-0.1, -0.05) is 60.7 Å². The molecule has 6 nitrogen and oxygen atoms in total. The Balaban J connectivity index is 1.74. The summed E-state index contributed by atoms with van der Waals surface area (Å²) in [5.74, 6) is -0.998. The second kappa shape index (κ2) is 8.90. The highest BCUT2D eigenvalue weighted by atomic mass is 32.1. The van der Waals surface area contributed by atoms with Crippen LogP contribution in [0.3, 0.4) is 0 Å². The lowest BCUT2D eigenvalue weighted by atomic mass is 9.99. The fourth-order valence-electron chi connectivity index (χ4n) is 3.79. The molecule has 4 aromatic rings. The van der Waals surface area contributed by atoms with Crippen LogP contribution in [0.5, 0.6) is 0 Å². The molecule has 5 rings (SSSR count). The van der Waals surface area contributed by atoms with Crippen LogP contribution in [0.1, 0.15) is 9.67 Å². The maximum atomic E-state index is 12.1. The van der Waals surface area contributed by atoms with Crippen molar-refractivity contribution in [2.45, 2.75) is 0 Å². The zero-order valence-corrected chi connectivity index (χ0v) is 18.1. The monoisotopic (exact) mass is 443 g/mol. The topological polar surface area (TPSA) is 75.0 Å². The number of aromatic carboxylic acids is 1. The van der Waals surface area contributed by atoms with Gasteiger partial charge in [0.05, 0.1) is 25.2 Å². The molecule has 0 spiro atoms. The minimum atomic E-state index is -0.998. The minimum Gasteiger partial charge on any atom is -0.477 e. The molecule has 32 heavy (non-hydrogen) atoms. The summed E-state index contributed by atoms with van der Waals surface area (Å²) in [6, 6.07) is 21.9. The highest BCUT2D eigenvalue weighted by molar-refractivity contribution is 7.21. The van der Waals surface area contributed by atoms with Crippen LogP contribution >= 0.6 is 11.3 Å². The van der Waals surface area contributed by atoms with Gasteiger partial charge in [0.1, 0.15) is 15.4 Å². The number of fused-ring (bicyclic) bond motifs is 1. The van der Waals surface area contributed by atoms with E-state index in [1.165, 1.54) is 11.3 Å². The van der Waals surface area contributed by atoms with Crippen molar-refractivity contribution in [1.82, 2.24) is 9.88 Å². The van der Waals surface area contributed by atoms with Crippen molar-refractivity contribution in [3.05, 3.63) is 71.6 Å². The molecular formula is C25H21N3O3S. The van der Waals surface area contributed by atoms with E-state index in [4.69, 9.17) is 9.72 Å². The van der Waals surface area contributed by atoms with Crippen molar-refractivity contribution in [2.75, 3.05) is 26.3 Å². The molecule has 2 aromatic carbocycles. The molecule has 3 heterocycles. The fourth-order valence-corrected chi connectivity index (χ4v) is 4.77. The standard InChI is InChI=1S/C25H21N3O3S/c29-25(30)23-22(26-16-28-11-13-31-14-12-28)21-19(17-7-3-1-4-8-17)15-20(27-24(21)32-23)18-9-5-2-6-10-18/h1-10,15-16H,11-14H2,(H,29,30). The van der Waals surface area contributed by atoms with Crippen LogP contribution in [0.15, 0.2) is 71.7 Å². The number of aliphatic imine (C=N–C) groups is 1. The number of hydrogen-bond acceptors (Lipinski definition) is 5. The van der Waals surface area contributed by atoms with Crippen molar-refractivity contribution < 1.29 is 14.6 Å². The summed E-state index contributed by atoms with van der Waals surface area (Å²) in [5.41, 5.74) is 4.16. The van der Waals surface area contributed by atoms with Crippen LogP contribution in [-0.2, 0) is 4.74 Å². The molecule has 0 amide bonds. The van der Waals surface area contributed by atoms with Gasteiger partial charge in [-0.2, -0.15) is 0 Å². The highest BCUT2D eigenvalue weighted by Crippen LogP contribution is 2.44. The van der Waals surface area contributed by atoms with Gasteiger partial charge in [0, 0.05) is 24.0 Å². The van der Waals surface area contributed by atoms with Crippen molar-refractivity contribution in [3.63, 3.8) is 0 Å². The van der Waals surface area contributed by atoms with E-state index in [1.807, 2.05) is 71.6 Å². The Bertz CT molecular complexity index is 1280. The van der Waals surface area contributed by atoms with Crippen molar-refractivity contribution >= 4 is 39.5 Å². The SMILES string of the molecule is O=C(O)c1sc2nc(-c3ccccc3)cc(-c3ccccc3)c2c1N=CN1CCOCC1. The Kier molecular flexibility index (Phi) is 5.66. The number of carboxylic acid groups (broad SMARTS) is 1. The molecule has 0 atom stereocenters. The maximum absolute atomic E-state index is 12.1. The molecule has 0 aliphatic carbocycles. The third-order valence-corrected chi connectivity index (χ3v) is 6.44. The molecule has 0 saturated carbocycles. The van der Waals surface area contributed by atoms with E-state index in [2.05, 4.69) is 4.99 Å². The quantitative estimate of drug-likeness (QED) is 0.334. The zero-order valence-electron chi connectivity index (χ0n) is 17.3. The van der Waals surface area contributed by atoms with Crippen LogP contribution in [0.2, 0.25) is 0 Å². The van der Waals surface area contributed by atoms with Gasteiger partial charge in [-0.15, -0.1) is 11.3 Å². The molecule has 1 fully saturated rings. The summed E-state index contributed by atoms with van der Waals surface area (Å²) in [6.45, 7) is 2.74. The predicted octanol–water partition coefficient (Wildman–Crippen LogP) is 5.32. The van der Waals surface area contributed by atoms with Crippen LogP contribution in [0, 0.1) is 0 Å². The van der Waals surface area contributed by atoms with E-state index in [1.54, 1.807) is 6.34 Å². The molecule has 0 bridgehead atoms. The van der Waals surface area contributed by atoms with Gasteiger partial charge in [0.25, 0.3) is 0 Å². The molecule has 0 unspecified atom stereocenters. The number of carbonyl (C=O) groups is 1. The van der Waals surface area contributed by atoms with Crippen LogP contribution < -0.4 is 0 Å². The third-order valence-electron chi connectivity index (χ3n) is 5.38. The third kappa shape index (κ3) is 4.00. The van der Waals surface area contributed by atoms with E-state index in [0.717, 1.165) is 40.9 Å². The number of thiophene rings is 1. The number of aromatic nitrogens is 1. The lowest BCUT2D eigenvalue weighted by molar-refractivity contribution is 0.0696. The summed E-state index contributed by atoms with van der Waals surface area (Å²) >= 11 is 1.17. The number of nitrogens with zero attached hydrogens (tertiary/aromatic N) is 3. The average molecular weight is 444 g/mol. The molecule has 2 aromatic heterocycles. The van der Waals surface area contributed by atoms with Gasteiger partial charge in [0.15, 0.2) is 0 Å². The molecule has 1 saturated heterocycles. The predicted molar refractivity (Wildman–Crippen MR) is 128 cm³/mol. The summed E-state index contributed by atoms with van der Waals surface area (Å²) < 4.78 is 5.40. The van der Waals surface area contributed by atoms with Gasteiger partial charge < -0.3 is 14.7 Å². The Morgan fingerprint density at radius 3 is 2.34 bits per heavy atom. The molecule has 1 N–H and O–H groups in total. The number of carboxylic acids is 1. The van der Waals surface area contributed by atoms with Gasteiger partial charge in [-0.3, -0.25) is 0 Å². The number of rotatable bonds is 5. The number of hydrogen-bond donors (Lipinski definition) is 1. The smallest absolute Gasteiger partial charge is 0.348 e. The van der Waals surface area contributed by atoms with Crippen molar-refractivity contribution in [1.29, 1.82) is 0 Å². The van der Waals surface area contributed by atoms with Gasteiger partial charge >= 0.3 is 5.97 Å². The first kappa shape index (κ1) is 20.4.